The quantitative estimate of drug-likeness (QED) is 0.305. The number of phenolic OH excluding ortho intramolecular Hbond substituents is 1. The molecule has 0 saturated carbocycles. The molecule has 0 bridgehead atoms. The average molecular weight is 398 g/mol. The fourth-order valence-corrected chi connectivity index (χ4v) is 3.71. The van der Waals surface area contributed by atoms with Gasteiger partial charge in [-0.05, 0) is 30.3 Å². The molecule has 0 atom stereocenters. The number of anilines is 1. The lowest BCUT2D eigenvalue weighted by atomic mass is 10.0. The number of aromatic hydroxyl groups is 1. The normalized spacial score (nSPS) is 11.2. The van der Waals surface area contributed by atoms with Crippen LogP contribution in [0.4, 0.5) is 5.82 Å². The number of H-pyrrole nitrogens is 1. The van der Waals surface area contributed by atoms with Crippen molar-refractivity contribution in [3.8, 4) is 28.8 Å². The zero-order valence-electron chi connectivity index (χ0n) is 15.7. The summed E-state index contributed by atoms with van der Waals surface area (Å²) in [6.45, 7) is 0. The number of aromatic amines is 1. The summed E-state index contributed by atoms with van der Waals surface area (Å²) in [7, 11) is 1.47. The van der Waals surface area contributed by atoms with E-state index in [9.17, 15) is 15.2 Å². The molecule has 0 unspecified atom stereocenters. The number of rotatable bonds is 2. The van der Waals surface area contributed by atoms with Gasteiger partial charge in [-0.1, -0.05) is 6.07 Å². The van der Waals surface area contributed by atoms with Crippen LogP contribution in [-0.4, -0.2) is 22.2 Å². The van der Waals surface area contributed by atoms with E-state index in [-0.39, 0.29) is 28.3 Å². The molecule has 0 aliphatic heterocycles. The van der Waals surface area contributed by atoms with Gasteiger partial charge in [0, 0.05) is 22.4 Å². The van der Waals surface area contributed by atoms with Gasteiger partial charge in [0.25, 0.3) is 0 Å². The van der Waals surface area contributed by atoms with E-state index in [1.54, 1.807) is 24.3 Å². The van der Waals surface area contributed by atoms with Crippen molar-refractivity contribution in [2.45, 2.75) is 0 Å². The molecule has 5 rings (SSSR count). The van der Waals surface area contributed by atoms with Crippen LogP contribution in [0.5, 0.6) is 11.5 Å². The summed E-state index contributed by atoms with van der Waals surface area (Å²) in [5.74, 6) is 0.256. The minimum absolute atomic E-state index is 0.00376. The standard InChI is InChI=1S/C22H14N4O4/c1-29-16-4-2-3-12(20(16)28)15-8-13-11-6-5-10(27)7-17(11)30-22-18(13)19(25-15)14(9-23)21(24)26-22/h2-8,25,28H,1H3,(H2,24,26). The number of nitriles is 1. The summed E-state index contributed by atoms with van der Waals surface area (Å²) in [4.78, 5) is 19.3. The van der Waals surface area contributed by atoms with E-state index in [1.165, 1.54) is 19.2 Å². The molecule has 146 valence electrons. The van der Waals surface area contributed by atoms with Gasteiger partial charge in [-0.3, -0.25) is 4.79 Å². The number of nitrogen functional groups attached to an aromatic ring is 1. The van der Waals surface area contributed by atoms with Gasteiger partial charge in [0.05, 0.1) is 23.7 Å². The molecule has 0 saturated heterocycles. The smallest absolute Gasteiger partial charge is 0.231 e. The maximum absolute atomic E-state index is 11.8. The first-order valence-corrected chi connectivity index (χ1v) is 8.97. The minimum Gasteiger partial charge on any atom is -0.504 e. The molecule has 3 aromatic heterocycles. The Morgan fingerprint density at radius 2 is 2.07 bits per heavy atom. The van der Waals surface area contributed by atoms with Gasteiger partial charge in [-0.25, -0.2) is 0 Å². The molecule has 0 amide bonds. The molecule has 8 heteroatoms. The van der Waals surface area contributed by atoms with E-state index in [2.05, 4.69) is 16.0 Å². The summed E-state index contributed by atoms with van der Waals surface area (Å²) < 4.78 is 11.0. The Kier molecular flexibility index (Phi) is 3.66. The first-order valence-electron chi connectivity index (χ1n) is 8.97. The zero-order valence-corrected chi connectivity index (χ0v) is 15.7. The summed E-state index contributed by atoms with van der Waals surface area (Å²) in [5.41, 5.74) is 7.92. The number of hydrogen-bond donors (Lipinski definition) is 3. The number of nitrogens with one attached hydrogen (secondary N) is 1. The number of methoxy groups -OCH3 is 1. The third-order valence-electron chi connectivity index (χ3n) is 5.08. The Hall–Kier alpha value is -4.51. The monoisotopic (exact) mass is 398 g/mol. The first-order chi connectivity index (χ1) is 14.5. The molecule has 0 aliphatic carbocycles. The maximum atomic E-state index is 11.8. The van der Waals surface area contributed by atoms with Crippen molar-refractivity contribution in [2.75, 3.05) is 12.8 Å². The molecule has 0 radical (unpaired) electrons. The lowest BCUT2D eigenvalue weighted by molar-refractivity contribution is 0.374. The second-order valence-electron chi connectivity index (χ2n) is 6.75. The zero-order chi connectivity index (χ0) is 21.0. The molecule has 2 aromatic carbocycles. The fourth-order valence-electron chi connectivity index (χ4n) is 3.71. The number of nitrogens with two attached hydrogens (primary N) is 1. The summed E-state index contributed by atoms with van der Waals surface area (Å²) >= 11 is 0. The summed E-state index contributed by atoms with van der Waals surface area (Å²) in [5, 5.41) is 22.3. The molecule has 0 aliphatic rings. The SMILES string of the molecule is COc1cccc(-c2cc3c4ccc(=O)cc4oc4nc(N)c(C#N)c([nH]2)c43)c1O. The first kappa shape index (κ1) is 17.6. The van der Waals surface area contributed by atoms with E-state index in [1.807, 2.05) is 6.07 Å². The van der Waals surface area contributed by atoms with Crippen LogP contribution >= 0.6 is 0 Å². The number of para-hydroxylation sites is 1. The number of nitrogens with zero attached hydrogens (tertiary/aromatic N) is 2. The molecule has 0 spiro atoms. The second kappa shape index (κ2) is 6.25. The number of hydrogen-bond acceptors (Lipinski definition) is 7. The Bertz CT molecular complexity index is 1590. The van der Waals surface area contributed by atoms with E-state index in [4.69, 9.17) is 14.9 Å². The van der Waals surface area contributed by atoms with Crippen molar-refractivity contribution in [2.24, 2.45) is 0 Å². The van der Waals surface area contributed by atoms with Gasteiger partial charge in [-0.15, -0.1) is 0 Å². The number of benzene rings is 2. The molecule has 30 heavy (non-hydrogen) atoms. The average Bonchev–Trinajstić information content (AvgIpc) is 2.73. The van der Waals surface area contributed by atoms with Gasteiger partial charge < -0.3 is 25.0 Å². The highest BCUT2D eigenvalue weighted by Gasteiger charge is 2.20. The Labute approximate surface area is 168 Å². The predicted octanol–water partition coefficient (Wildman–Crippen LogP) is 3.66. The number of phenols is 1. The molecular weight excluding hydrogens is 384 g/mol. The maximum Gasteiger partial charge on any atom is 0.231 e. The van der Waals surface area contributed by atoms with Crippen molar-refractivity contribution in [3.05, 3.63) is 58.3 Å². The fraction of sp³-hybridized carbons (Fsp3) is 0.0455. The van der Waals surface area contributed by atoms with Crippen LogP contribution in [0.15, 0.2) is 51.7 Å². The minimum atomic E-state index is -0.205. The van der Waals surface area contributed by atoms with E-state index < -0.39 is 0 Å². The molecule has 5 aromatic rings. The molecule has 0 fully saturated rings. The van der Waals surface area contributed by atoms with E-state index in [0.717, 1.165) is 0 Å². The number of pyridine rings is 2. The van der Waals surface area contributed by atoms with Crippen LogP contribution in [0.1, 0.15) is 5.56 Å². The Balaban J connectivity index is 2.02. The highest BCUT2D eigenvalue weighted by molar-refractivity contribution is 6.18. The predicted molar refractivity (Wildman–Crippen MR) is 112 cm³/mol. The highest BCUT2D eigenvalue weighted by Crippen LogP contribution is 2.40. The van der Waals surface area contributed by atoms with Crippen LogP contribution in [0.25, 0.3) is 44.2 Å². The summed E-state index contributed by atoms with van der Waals surface area (Å²) in [6.07, 6.45) is 0. The topological polar surface area (TPSA) is 138 Å². The third kappa shape index (κ3) is 2.39. The van der Waals surface area contributed by atoms with Crippen LogP contribution in [0.2, 0.25) is 0 Å². The van der Waals surface area contributed by atoms with E-state index >= 15 is 0 Å². The van der Waals surface area contributed by atoms with Crippen molar-refractivity contribution in [1.82, 2.24) is 9.97 Å². The van der Waals surface area contributed by atoms with Crippen molar-refractivity contribution < 1.29 is 14.3 Å². The summed E-state index contributed by atoms with van der Waals surface area (Å²) in [6, 6.07) is 13.5. The van der Waals surface area contributed by atoms with Crippen molar-refractivity contribution in [3.63, 3.8) is 0 Å². The van der Waals surface area contributed by atoms with Crippen LogP contribution in [0, 0.1) is 11.3 Å². The number of ether oxygens (including phenoxy) is 1. The van der Waals surface area contributed by atoms with Crippen LogP contribution < -0.4 is 15.9 Å². The Morgan fingerprint density at radius 1 is 1.23 bits per heavy atom. The van der Waals surface area contributed by atoms with E-state index in [0.29, 0.717) is 44.3 Å². The van der Waals surface area contributed by atoms with Crippen LogP contribution in [-0.2, 0) is 0 Å². The van der Waals surface area contributed by atoms with Crippen molar-refractivity contribution >= 4 is 38.8 Å². The molecule has 4 N–H and O–H groups in total. The number of fused-ring (bicyclic) bond motifs is 2. The van der Waals surface area contributed by atoms with Gasteiger partial charge >= 0.3 is 0 Å². The molecule has 3 heterocycles. The Morgan fingerprint density at radius 3 is 2.83 bits per heavy atom. The van der Waals surface area contributed by atoms with Gasteiger partial charge in [0.1, 0.15) is 23.0 Å². The number of aromatic nitrogens is 2. The van der Waals surface area contributed by atoms with Gasteiger partial charge in [-0.2, -0.15) is 10.2 Å². The third-order valence-corrected chi connectivity index (χ3v) is 5.08. The molecule has 8 nitrogen and oxygen atoms in total. The largest absolute Gasteiger partial charge is 0.504 e. The van der Waals surface area contributed by atoms with Crippen molar-refractivity contribution in [1.29, 1.82) is 5.26 Å². The lowest BCUT2D eigenvalue weighted by Gasteiger charge is -2.14. The van der Waals surface area contributed by atoms with Gasteiger partial charge in [0.15, 0.2) is 16.9 Å². The molecular formula is C22H14N4O4. The lowest BCUT2D eigenvalue weighted by Crippen LogP contribution is -2.01. The van der Waals surface area contributed by atoms with Crippen LogP contribution in [0.3, 0.4) is 0 Å². The highest BCUT2D eigenvalue weighted by atomic mass is 16.5. The van der Waals surface area contributed by atoms with Gasteiger partial charge in [0.2, 0.25) is 5.71 Å². The second-order valence-corrected chi connectivity index (χ2v) is 6.75.